The quantitative estimate of drug-likeness (QED) is 0.752. The number of morpholine rings is 1. The normalized spacial score (nSPS) is 21.7. The topological polar surface area (TPSA) is 21.3 Å². The summed E-state index contributed by atoms with van der Waals surface area (Å²) in [5.41, 5.74) is 0.348. The average Bonchev–Trinajstić information content (AvgIpc) is 2.25. The van der Waals surface area contributed by atoms with Gasteiger partial charge in [0.25, 0.3) is 0 Å². The van der Waals surface area contributed by atoms with Gasteiger partial charge in [0.05, 0.1) is 24.3 Å². The molecule has 1 fully saturated rings. The van der Waals surface area contributed by atoms with Crippen molar-refractivity contribution in [1.82, 2.24) is 5.32 Å². The Morgan fingerprint density at radius 2 is 2.13 bits per heavy atom. The minimum absolute atomic E-state index is 0.0706. The van der Waals surface area contributed by atoms with E-state index in [4.69, 9.17) is 16.3 Å². The lowest BCUT2D eigenvalue weighted by molar-refractivity contribution is 0.0757. The van der Waals surface area contributed by atoms with Gasteiger partial charge in [0, 0.05) is 18.2 Å². The Bertz CT molecular complexity index is 367. The van der Waals surface area contributed by atoms with E-state index in [0.717, 1.165) is 6.07 Å². The van der Waals surface area contributed by atoms with Crippen LogP contribution in [0.15, 0.2) is 12.1 Å². The summed E-state index contributed by atoms with van der Waals surface area (Å²) in [7, 11) is 0. The van der Waals surface area contributed by atoms with Crippen molar-refractivity contribution in [2.24, 2.45) is 0 Å². The van der Waals surface area contributed by atoms with Crippen LogP contribution < -0.4 is 5.32 Å². The van der Waals surface area contributed by atoms with E-state index >= 15 is 0 Å². The van der Waals surface area contributed by atoms with Crippen LogP contribution in [0.4, 0.5) is 8.78 Å². The Balaban J connectivity index is 2.30. The van der Waals surface area contributed by atoms with Crippen molar-refractivity contribution in [3.05, 3.63) is 34.4 Å². The van der Waals surface area contributed by atoms with E-state index in [-0.39, 0.29) is 11.1 Å². The molecule has 0 aromatic heterocycles. The van der Waals surface area contributed by atoms with Crippen molar-refractivity contribution in [3.63, 3.8) is 0 Å². The van der Waals surface area contributed by atoms with Crippen molar-refractivity contribution in [2.75, 3.05) is 19.8 Å². The molecule has 1 aliphatic rings. The molecule has 1 saturated heterocycles. The summed E-state index contributed by atoms with van der Waals surface area (Å²) in [6.45, 7) is 1.63. The zero-order valence-electron chi connectivity index (χ0n) is 7.90. The fourth-order valence-electron chi connectivity index (χ4n) is 1.57. The van der Waals surface area contributed by atoms with E-state index in [2.05, 4.69) is 5.32 Å². The maximum atomic E-state index is 13.4. The Morgan fingerprint density at radius 1 is 1.33 bits per heavy atom. The molecule has 0 saturated carbocycles. The molecule has 15 heavy (non-hydrogen) atoms. The number of benzene rings is 1. The molecule has 1 aromatic rings. The Labute approximate surface area is 91.2 Å². The first-order valence-electron chi connectivity index (χ1n) is 4.64. The van der Waals surface area contributed by atoms with Gasteiger partial charge in [-0.3, -0.25) is 0 Å². The van der Waals surface area contributed by atoms with Crippen LogP contribution in [0.3, 0.4) is 0 Å². The first-order valence-corrected chi connectivity index (χ1v) is 5.02. The standard InChI is InChI=1S/C10H10ClF2NO/c11-7-3-6(8(12)4-9(7)13)10-5-15-2-1-14-10/h3-4,10,14H,1-2,5H2. The molecule has 0 spiro atoms. The predicted molar refractivity (Wildman–Crippen MR) is 52.9 cm³/mol. The lowest BCUT2D eigenvalue weighted by Crippen LogP contribution is -2.35. The van der Waals surface area contributed by atoms with Crippen LogP contribution >= 0.6 is 11.6 Å². The van der Waals surface area contributed by atoms with E-state index in [9.17, 15) is 8.78 Å². The predicted octanol–water partition coefficient (Wildman–Crippen LogP) is 2.28. The lowest BCUT2D eigenvalue weighted by Gasteiger charge is -2.24. The van der Waals surface area contributed by atoms with Crippen molar-refractivity contribution in [1.29, 1.82) is 0 Å². The minimum atomic E-state index is -0.741. The maximum absolute atomic E-state index is 13.4. The van der Waals surface area contributed by atoms with Crippen LogP contribution in [0.1, 0.15) is 11.6 Å². The second kappa shape index (κ2) is 4.43. The van der Waals surface area contributed by atoms with E-state index in [1.165, 1.54) is 6.07 Å². The summed E-state index contributed by atoms with van der Waals surface area (Å²) in [5, 5.41) is 3.01. The first kappa shape index (κ1) is 10.8. The van der Waals surface area contributed by atoms with Crippen LogP contribution in [0.5, 0.6) is 0 Å². The average molecular weight is 234 g/mol. The Morgan fingerprint density at radius 3 is 2.80 bits per heavy atom. The number of ether oxygens (including phenoxy) is 1. The number of rotatable bonds is 1. The third-order valence-corrected chi connectivity index (χ3v) is 2.63. The zero-order valence-corrected chi connectivity index (χ0v) is 8.65. The highest BCUT2D eigenvalue weighted by molar-refractivity contribution is 6.30. The summed E-state index contributed by atoms with van der Waals surface area (Å²) >= 11 is 5.59. The van der Waals surface area contributed by atoms with Crippen LogP contribution in [-0.2, 0) is 4.74 Å². The summed E-state index contributed by atoms with van der Waals surface area (Å²) in [5.74, 6) is -1.34. The van der Waals surface area contributed by atoms with Gasteiger partial charge in [0.2, 0.25) is 0 Å². The molecule has 82 valence electrons. The van der Waals surface area contributed by atoms with Crippen molar-refractivity contribution < 1.29 is 13.5 Å². The molecule has 1 aromatic carbocycles. The second-order valence-corrected chi connectivity index (χ2v) is 3.78. The molecule has 1 unspecified atom stereocenters. The van der Waals surface area contributed by atoms with Crippen LogP contribution in [-0.4, -0.2) is 19.8 Å². The van der Waals surface area contributed by atoms with Gasteiger partial charge in [-0.15, -0.1) is 0 Å². The Kier molecular flexibility index (Phi) is 3.19. The summed E-state index contributed by atoms with van der Waals surface area (Å²) in [4.78, 5) is 0. The number of hydrogen-bond donors (Lipinski definition) is 1. The molecule has 1 heterocycles. The van der Waals surface area contributed by atoms with Gasteiger partial charge < -0.3 is 10.1 Å². The van der Waals surface area contributed by atoms with Gasteiger partial charge in [-0.2, -0.15) is 0 Å². The minimum Gasteiger partial charge on any atom is -0.378 e. The van der Waals surface area contributed by atoms with E-state index in [1.807, 2.05) is 0 Å². The van der Waals surface area contributed by atoms with Gasteiger partial charge in [-0.1, -0.05) is 11.6 Å². The van der Waals surface area contributed by atoms with Crippen LogP contribution in [0.25, 0.3) is 0 Å². The highest BCUT2D eigenvalue weighted by atomic mass is 35.5. The fraction of sp³-hybridized carbons (Fsp3) is 0.400. The summed E-state index contributed by atoms with van der Waals surface area (Å²) in [6, 6.07) is 1.85. The molecular weight excluding hydrogens is 224 g/mol. The van der Waals surface area contributed by atoms with Crippen LogP contribution in [0, 0.1) is 11.6 Å². The molecule has 0 radical (unpaired) electrons. The molecule has 1 aliphatic heterocycles. The van der Waals surface area contributed by atoms with Crippen molar-refractivity contribution in [3.8, 4) is 0 Å². The van der Waals surface area contributed by atoms with E-state index < -0.39 is 11.6 Å². The van der Waals surface area contributed by atoms with Gasteiger partial charge >= 0.3 is 0 Å². The molecule has 0 amide bonds. The third kappa shape index (κ3) is 2.27. The fourth-order valence-corrected chi connectivity index (χ4v) is 1.74. The van der Waals surface area contributed by atoms with Gasteiger partial charge in [-0.05, 0) is 6.07 Å². The molecule has 0 aliphatic carbocycles. The Hall–Kier alpha value is -0.710. The SMILES string of the molecule is Fc1cc(F)c(C2COCCN2)cc1Cl. The summed E-state index contributed by atoms with van der Waals surface area (Å²) in [6.07, 6.45) is 0. The third-order valence-electron chi connectivity index (χ3n) is 2.34. The lowest BCUT2D eigenvalue weighted by atomic mass is 10.1. The number of hydrogen-bond acceptors (Lipinski definition) is 2. The molecule has 2 nitrogen and oxygen atoms in total. The van der Waals surface area contributed by atoms with Crippen LogP contribution in [0.2, 0.25) is 5.02 Å². The molecule has 2 rings (SSSR count). The zero-order chi connectivity index (χ0) is 10.8. The highest BCUT2D eigenvalue weighted by Gasteiger charge is 2.20. The number of halogens is 3. The van der Waals surface area contributed by atoms with Crippen molar-refractivity contribution in [2.45, 2.75) is 6.04 Å². The van der Waals surface area contributed by atoms with Gasteiger partial charge in [-0.25, -0.2) is 8.78 Å². The van der Waals surface area contributed by atoms with Gasteiger partial charge in [0.1, 0.15) is 11.6 Å². The molecule has 1 N–H and O–H groups in total. The van der Waals surface area contributed by atoms with Gasteiger partial charge in [0.15, 0.2) is 0 Å². The molecule has 5 heteroatoms. The molecule has 0 bridgehead atoms. The highest BCUT2D eigenvalue weighted by Crippen LogP contribution is 2.25. The van der Waals surface area contributed by atoms with E-state index in [0.29, 0.717) is 25.3 Å². The first-order chi connectivity index (χ1) is 7.18. The van der Waals surface area contributed by atoms with Crippen molar-refractivity contribution >= 4 is 11.6 Å². The maximum Gasteiger partial charge on any atom is 0.144 e. The second-order valence-electron chi connectivity index (χ2n) is 3.37. The molecular formula is C10H10ClF2NO. The molecule has 1 atom stereocenters. The summed E-state index contributed by atoms with van der Waals surface area (Å²) < 4.78 is 31.5. The monoisotopic (exact) mass is 233 g/mol. The number of nitrogens with one attached hydrogen (secondary N) is 1. The smallest absolute Gasteiger partial charge is 0.144 e. The van der Waals surface area contributed by atoms with E-state index in [1.54, 1.807) is 0 Å². The largest absolute Gasteiger partial charge is 0.378 e.